The van der Waals surface area contributed by atoms with Crippen molar-refractivity contribution in [2.75, 3.05) is 13.7 Å². The molecule has 25 heavy (non-hydrogen) atoms. The van der Waals surface area contributed by atoms with Crippen molar-refractivity contribution in [3.05, 3.63) is 59.2 Å². The van der Waals surface area contributed by atoms with Crippen molar-refractivity contribution >= 4 is 15.8 Å². The summed E-state index contributed by atoms with van der Waals surface area (Å²) in [4.78, 5) is 13.2. The molecule has 0 saturated carbocycles. The Balaban J connectivity index is 2.04. The van der Waals surface area contributed by atoms with Crippen LogP contribution >= 0.6 is 0 Å². The number of nitrogens with zero attached hydrogens (tertiary/aromatic N) is 1. The van der Waals surface area contributed by atoms with Crippen LogP contribution in [0, 0.1) is 6.92 Å². The molecule has 0 unspecified atom stereocenters. The summed E-state index contributed by atoms with van der Waals surface area (Å²) in [6, 6.07) is 11.3. The number of methoxy groups -OCH3 is 1. The average Bonchev–Trinajstić information content (AvgIpc) is 2.73. The lowest BCUT2D eigenvalue weighted by Crippen LogP contribution is -2.42. The highest BCUT2D eigenvalue weighted by molar-refractivity contribution is 7.89. The van der Waals surface area contributed by atoms with Crippen LogP contribution < -0.4 is 4.74 Å². The largest absolute Gasteiger partial charge is 0.496 e. The number of hydrogen-bond acceptors (Lipinski definition) is 4. The molecule has 1 aliphatic rings. The first-order valence-corrected chi connectivity index (χ1v) is 9.59. The highest BCUT2D eigenvalue weighted by atomic mass is 32.2. The third-order valence-corrected chi connectivity index (χ3v) is 6.60. The number of hydrogen-bond donors (Lipinski definition) is 0. The number of rotatable bonds is 3. The van der Waals surface area contributed by atoms with Gasteiger partial charge in [-0.05, 0) is 44.0 Å². The van der Waals surface area contributed by atoms with E-state index in [2.05, 4.69) is 0 Å². The fourth-order valence-electron chi connectivity index (χ4n) is 3.17. The number of fused-ring (bicyclic) bond motifs is 1. The Hall–Kier alpha value is -2.18. The first kappa shape index (κ1) is 17.6. The molecule has 3 rings (SSSR count). The standard InChI is InChI=1S/C19H21NO4S/c1-13-7-9-16(10-8-13)25(22,23)20-12-11-15-5-4-6-17(24-3)18(15)19(21)14(20)2/h4-10,14H,11-12H2,1-3H3/t14-/m0/s1. The Morgan fingerprint density at radius 3 is 2.44 bits per heavy atom. The summed E-state index contributed by atoms with van der Waals surface area (Å²) in [6.07, 6.45) is 0.466. The molecule has 1 atom stereocenters. The van der Waals surface area contributed by atoms with E-state index in [4.69, 9.17) is 4.74 Å². The highest BCUT2D eigenvalue weighted by Crippen LogP contribution is 2.30. The summed E-state index contributed by atoms with van der Waals surface area (Å²) in [7, 11) is -2.24. The van der Waals surface area contributed by atoms with Gasteiger partial charge >= 0.3 is 0 Å². The van der Waals surface area contributed by atoms with Crippen LogP contribution in [0.1, 0.15) is 28.4 Å². The number of Topliss-reactive ketones (excluding diaryl/α,β-unsaturated/α-hetero) is 1. The first-order chi connectivity index (χ1) is 11.9. The van der Waals surface area contributed by atoms with E-state index in [-0.39, 0.29) is 17.2 Å². The molecule has 2 aromatic rings. The number of carbonyl (C=O) groups excluding carboxylic acids is 1. The highest BCUT2D eigenvalue weighted by Gasteiger charge is 2.37. The Bertz CT molecular complexity index is 904. The van der Waals surface area contributed by atoms with Crippen LogP contribution in [0.2, 0.25) is 0 Å². The predicted molar refractivity (Wildman–Crippen MR) is 95.6 cm³/mol. The molecule has 0 bridgehead atoms. The van der Waals surface area contributed by atoms with Gasteiger partial charge in [0, 0.05) is 6.54 Å². The fraction of sp³-hybridized carbons (Fsp3) is 0.316. The van der Waals surface area contributed by atoms with Gasteiger partial charge in [-0.25, -0.2) is 8.42 Å². The van der Waals surface area contributed by atoms with Crippen LogP contribution in [-0.4, -0.2) is 38.2 Å². The molecule has 0 N–H and O–H groups in total. The molecule has 0 aromatic heterocycles. The van der Waals surface area contributed by atoms with E-state index in [1.54, 1.807) is 37.3 Å². The van der Waals surface area contributed by atoms with Gasteiger partial charge in [-0.1, -0.05) is 29.8 Å². The molecule has 6 heteroatoms. The van der Waals surface area contributed by atoms with Crippen LogP contribution in [0.4, 0.5) is 0 Å². The van der Waals surface area contributed by atoms with Crippen LogP contribution in [0.25, 0.3) is 0 Å². The maximum absolute atomic E-state index is 13.1. The van der Waals surface area contributed by atoms with Crippen molar-refractivity contribution in [3.8, 4) is 5.75 Å². The van der Waals surface area contributed by atoms with E-state index >= 15 is 0 Å². The van der Waals surface area contributed by atoms with Crippen molar-refractivity contribution in [3.63, 3.8) is 0 Å². The average molecular weight is 359 g/mol. The zero-order valence-electron chi connectivity index (χ0n) is 14.5. The zero-order chi connectivity index (χ0) is 18.2. The van der Waals surface area contributed by atoms with Gasteiger partial charge in [-0.15, -0.1) is 0 Å². The Morgan fingerprint density at radius 2 is 1.80 bits per heavy atom. The molecule has 1 aliphatic heterocycles. The lowest BCUT2D eigenvalue weighted by molar-refractivity contribution is 0.0912. The summed E-state index contributed by atoms with van der Waals surface area (Å²) in [5, 5.41) is 0. The second-order valence-corrected chi connectivity index (χ2v) is 8.10. The van der Waals surface area contributed by atoms with E-state index in [0.717, 1.165) is 11.1 Å². The molecular formula is C19H21NO4S. The molecule has 2 aromatic carbocycles. The van der Waals surface area contributed by atoms with Gasteiger partial charge in [0.2, 0.25) is 10.0 Å². The second kappa shape index (κ2) is 6.61. The molecule has 0 amide bonds. The lowest BCUT2D eigenvalue weighted by atomic mass is 9.98. The third-order valence-electron chi connectivity index (χ3n) is 4.62. The molecule has 0 saturated heterocycles. The molecule has 5 nitrogen and oxygen atoms in total. The molecule has 0 aliphatic carbocycles. The summed E-state index contributed by atoms with van der Waals surface area (Å²) < 4.78 is 32.7. The maximum atomic E-state index is 13.1. The minimum Gasteiger partial charge on any atom is -0.496 e. The predicted octanol–water partition coefficient (Wildman–Crippen LogP) is 2.82. The molecule has 132 valence electrons. The van der Waals surface area contributed by atoms with Crippen LogP contribution in [0.3, 0.4) is 0 Å². The third kappa shape index (κ3) is 3.07. The van der Waals surface area contributed by atoms with Crippen molar-refractivity contribution < 1.29 is 17.9 Å². The van der Waals surface area contributed by atoms with E-state index in [0.29, 0.717) is 17.7 Å². The van der Waals surface area contributed by atoms with E-state index in [9.17, 15) is 13.2 Å². The van der Waals surface area contributed by atoms with Gasteiger partial charge in [0.05, 0.1) is 23.6 Å². The number of ketones is 1. The van der Waals surface area contributed by atoms with Crippen LogP contribution in [-0.2, 0) is 16.4 Å². The minimum atomic E-state index is -3.75. The van der Waals surface area contributed by atoms with Crippen molar-refractivity contribution in [2.24, 2.45) is 0 Å². The number of sulfonamides is 1. The van der Waals surface area contributed by atoms with Gasteiger partial charge in [0.1, 0.15) is 5.75 Å². The topological polar surface area (TPSA) is 63.7 Å². The number of aryl methyl sites for hydroxylation is 1. The van der Waals surface area contributed by atoms with E-state index in [1.807, 2.05) is 19.1 Å². The fourth-order valence-corrected chi connectivity index (χ4v) is 4.77. The maximum Gasteiger partial charge on any atom is 0.243 e. The summed E-state index contributed by atoms with van der Waals surface area (Å²) in [5.41, 5.74) is 2.29. The smallest absolute Gasteiger partial charge is 0.243 e. The van der Waals surface area contributed by atoms with Crippen molar-refractivity contribution in [1.29, 1.82) is 0 Å². The quantitative estimate of drug-likeness (QED) is 0.845. The lowest BCUT2D eigenvalue weighted by Gasteiger charge is -2.25. The minimum absolute atomic E-state index is 0.204. The van der Waals surface area contributed by atoms with Gasteiger partial charge in [0.15, 0.2) is 5.78 Å². The van der Waals surface area contributed by atoms with Crippen LogP contribution in [0.5, 0.6) is 5.75 Å². The van der Waals surface area contributed by atoms with Crippen molar-refractivity contribution in [1.82, 2.24) is 4.31 Å². The molecule has 0 radical (unpaired) electrons. The summed E-state index contributed by atoms with van der Waals surface area (Å²) >= 11 is 0. The van der Waals surface area contributed by atoms with Gasteiger partial charge in [0.25, 0.3) is 0 Å². The second-order valence-electron chi connectivity index (χ2n) is 6.21. The number of carbonyl (C=O) groups is 1. The van der Waals surface area contributed by atoms with E-state index < -0.39 is 16.1 Å². The van der Waals surface area contributed by atoms with Gasteiger partial charge < -0.3 is 4.74 Å². The Kier molecular flexibility index (Phi) is 4.67. The first-order valence-electron chi connectivity index (χ1n) is 8.15. The van der Waals surface area contributed by atoms with Gasteiger partial charge in [-0.3, -0.25) is 4.79 Å². The number of benzene rings is 2. The molecule has 0 fully saturated rings. The van der Waals surface area contributed by atoms with Crippen LogP contribution in [0.15, 0.2) is 47.4 Å². The van der Waals surface area contributed by atoms with E-state index in [1.165, 1.54) is 11.4 Å². The Morgan fingerprint density at radius 1 is 1.12 bits per heavy atom. The monoisotopic (exact) mass is 359 g/mol. The van der Waals surface area contributed by atoms with Gasteiger partial charge in [-0.2, -0.15) is 4.31 Å². The zero-order valence-corrected chi connectivity index (χ0v) is 15.3. The number of ether oxygens (including phenoxy) is 1. The SMILES string of the molecule is COc1cccc2c1C(=O)[C@H](C)N(S(=O)(=O)c1ccc(C)cc1)CC2. The normalized spacial score (nSPS) is 18.5. The molecule has 1 heterocycles. The summed E-state index contributed by atoms with van der Waals surface area (Å²) in [5.74, 6) is 0.254. The van der Waals surface area contributed by atoms with Crippen molar-refractivity contribution in [2.45, 2.75) is 31.2 Å². The molecular weight excluding hydrogens is 338 g/mol. The molecule has 0 spiro atoms. The summed E-state index contributed by atoms with van der Waals surface area (Å²) in [6.45, 7) is 3.79. The Labute approximate surface area is 148 Å².